The summed E-state index contributed by atoms with van der Waals surface area (Å²) in [5.74, 6) is -0.453. The molecule has 0 atom stereocenters. The summed E-state index contributed by atoms with van der Waals surface area (Å²) in [5, 5.41) is 0. The Morgan fingerprint density at radius 3 is 2.33 bits per heavy atom. The van der Waals surface area contributed by atoms with Crippen LogP contribution in [0.4, 0.5) is 0 Å². The van der Waals surface area contributed by atoms with Crippen molar-refractivity contribution in [1.82, 2.24) is 4.98 Å². The highest BCUT2D eigenvalue weighted by Gasteiger charge is 2.52. The van der Waals surface area contributed by atoms with Crippen LogP contribution in [0.15, 0.2) is 12.1 Å². The molecule has 0 N–H and O–H groups in total. The molecule has 5 nitrogen and oxygen atoms in total. The molecule has 2 heterocycles. The fraction of sp³-hybridized carbons (Fsp3) is 0.600. The number of aryl methyl sites for hydroxylation is 1. The van der Waals surface area contributed by atoms with E-state index in [1.54, 1.807) is 6.92 Å². The van der Waals surface area contributed by atoms with E-state index >= 15 is 0 Å². The van der Waals surface area contributed by atoms with E-state index in [0.29, 0.717) is 12.1 Å². The van der Waals surface area contributed by atoms with Gasteiger partial charge in [0, 0.05) is 11.2 Å². The van der Waals surface area contributed by atoms with Crippen LogP contribution in [-0.2, 0) is 14.0 Å². The van der Waals surface area contributed by atoms with E-state index in [1.807, 2.05) is 46.8 Å². The summed E-state index contributed by atoms with van der Waals surface area (Å²) in [4.78, 5) is 16.4. The van der Waals surface area contributed by atoms with Gasteiger partial charge in [0.05, 0.1) is 17.8 Å². The van der Waals surface area contributed by atoms with Crippen LogP contribution in [0.1, 0.15) is 50.8 Å². The predicted octanol–water partition coefficient (Wildman–Crippen LogP) is 1.87. The maximum absolute atomic E-state index is 12.1. The minimum absolute atomic E-state index is 0.260. The first-order valence-electron chi connectivity index (χ1n) is 7.18. The quantitative estimate of drug-likeness (QED) is 0.628. The number of ether oxygens (including phenoxy) is 1. The number of hydrogen-bond acceptors (Lipinski definition) is 5. The Morgan fingerprint density at radius 1 is 1.24 bits per heavy atom. The minimum Gasteiger partial charge on any atom is -0.461 e. The largest absolute Gasteiger partial charge is 0.497 e. The van der Waals surface area contributed by atoms with Gasteiger partial charge < -0.3 is 14.0 Å². The third-order valence-corrected chi connectivity index (χ3v) is 4.04. The molecular weight excluding hydrogens is 269 g/mol. The Hall–Kier alpha value is -1.40. The number of esters is 1. The highest BCUT2D eigenvalue weighted by Crippen LogP contribution is 2.36. The van der Waals surface area contributed by atoms with E-state index in [9.17, 15) is 4.79 Å². The highest BCUT2D eigenvalue weighted by atomic mass is 16.7. The summed E-state index contributed by atoms with van der Waals surface area (Å²) < 4.78 is 17.1. The Morgan fingerprint density at radius 2 is 1.81 bits per heavy atom. The lowest BCUT2D eigenvalue weighted by atomic mass is 9.77. The van der Waals surface area contributed by atoms with Gasteiger partial charge in [0.25, 0.3) is 0 Å². The third kappa shape index (κ3) is 2.96. The van der Waals surface area contributed by atoms with Gasteiger partial charge in [-0.1, -0.05) is 6.07 Å². The van der Waals surface area contributed by atoms with E-state index in [1.165, 1.54) is 0 Å². The van der Waals surface area contributed by atoms with Crippen LogP contribution in [0.25, 0.3) is 0 Å². The van der Waals surface area contributed by atoms with E-state index in [-0.39, 0.29) is 5.69 Å². The van der Waals surface area contributed by atoms with Crippen molar-refractivity contribution >= 4 is 18.6 Å². The second-order valence-corrected chi connectivity index (χ2v) is 6.20. The van der Waals surface area contributed by atoms with Gasteiger partial charge in [-0.05, 0) is 47.6 Å². The topological polar surface area (TPSA) is 57.7 Å². The molecule has 0 amide bonds. The molecule has 0 unspecified atom stereocenters. The molecule has 1 aromatic heterocycles. The SMILES string of the molecule is CCOC(=O)c1nc(C)ccc1B1OC(C)(C)C(C)(C)O1. The van der Waals surface area contributed by atoms with E-state index in [4.69, 9.17) is 14.0 Å². The van der Waals surface area contributed by atoms with Crippen LogP contribution < -0.4 is 5.46 Å². The zero-order valence-electron chi connectivity index (χ0n) is 13.5. The molecule has 0 bridgehead atoms. The molecule has 1 aliphatic heterocycles. The Balaban J connectivity index is 2.39. The van der Waals surface area contributed by atoms with E-state index < -0.39 is 24.3 Å². The predicted molar refractivity (Wildman–Crippen MR) is 80.6 cm³/mol. The first kappa shape index (κ1) is 16.0. The lowest BCUT2D eigenvalue weighted by Crippen LogP contribution is -2.41. The van der Waals surface area contributed by atoms with Gasteiger partial charge >= 0.3 is 13.1 Å². The standard InChI is InChI=1S/C15H22BNO4/c1-7-19-13(18)12-11(9-8-10(2)17-12)16-20-14(3,4)15(5,6)21-16/h8-9H,7H2,1-6H3. The van der Waals surface area contributed by atoms with Crippen LogP contribution in [0.2, 0.25) is 0 Å². The Bertz CT molecular complexity index is 541. The molecule has 0 saturated carbocycles. The van der Waals surface area contributed by atoms with Crippen molar-refractivity contribution in [1.29, 1.82) is 0 Å². The monoisotopic (exact) mass is 291 g/mol. The maximum atomic E-state index is 12.1. The summed E-state index contributed by atoms with van der Waals surface area (Å²) in [6.45, 7) is 11.8. The fourth-order valence-corrected chi connectivity index (χ4v) is 2.09. The zero-order valence-corrected chi connectivity index (χ0v) is 13.5. The lowest BCUT2D eigenvalue weighted by Gasteiger charge is -2.32. The molecule has 0 aliphatic carbocycles. The van der Waals surface area contributed by atoms with Crippen LogP contribution >= 0.6 is 0 Å². The zero-order chi connectivity index (χ0) is 15.8. The summed E-state index contributed by atoms with van der Waals surface area (Å²) >= 11 is 0. The number of pyridine rings is 1. The van der Waals surface area contributed by atoms with Crippen LogP contribution in [0.5, 0.6) is 0 Å². The third-order valence-electron chi connectivity index (χ3n) is 4.04. The van der Waals surface area contributed by atoms with Crippen molar-refractivity contribution in [3.63, 3.8) is 0 Å². The van der Waals surface area contributed by atoms with Crippen LogP contribution in [-0.4, -0.2) is 35.9 Å². The van der Waals surface area contributed by atoms with Crippen molar-refractivity contribution in [3.8, 4) is 0 Å². The molecule has 1 fully saturated rings. The first-order valence-corrected chi connectivity index (χ1v) is 7.18. The molecule has 114 valence electrons. The molecule has 0 aromatic carbocycles. The summed E-state index contributed by atoms with van der Waals surface area (Å²) in [6.07, 6.45) is 0. The molecule has 0 spiro atoms. The number of rotatable bonds is 3. The normalized spacial score (nSPS) is 19.6. The van der Waals surface area contributed by atoms with Gasteiger partial charge in [0.2, 0.25) is 0 Å². The number of carbonyl (C=O) groups excluding carboxylic acids is 1. The van der Waals surface area contributed by atoms with Gasteiger partial charge in [-0.2, -0.15) is 0 Å². The van der Waals surface area contributed by atoms with Crippen LogP contribution in [0.3, 0.4) is 0 Å². The molecule has 0 radical (unpaired) electrons. The second kappa shape index (κ2) is 5.42. The van der Waals surface area contributed by atoms with E-state index in [0.717, 1.165) is 5.69 Å². The van der Waals surface area contributed by atoms with Gasteiger partial charge in [0.1, 0.15) is 5.69 Å². The highest BCUT2D eigenvalue weighted by molar-refractivity contribution is 6.63. The molecule has 1 aromatic rings. The molecule has 21 heavy (non-hydrogen) atoms. The Labute approximate surface area is 126 Å². The number of carbonyl (C=O) groups is 1. The van der Waals surface area contributed by atoms with Gasteiger partial charge in [0.15, 0.2) is 0 Å². The van der Waals surface area contributed by atoms with Gasteiger partial charge in [-0.15, -0.1) is 0 Å². The first-order chi connectivity index (χ1) is 9.68. The summed E-state index contributed by atoms with van der Waals surface area (Å²) in [5.41, 5.74) is 0.689. The average Bonchev–Trinajstić information content (AvgIpc) is 2.58. The lowest BCUT2D eigenvalue weighted by molar-refractivity contribution is 0.00578. The fourth-order valence-electron chi connectivity index (χ4n) is 2.09. The van der Waals surface area contributed by atoms with Crippen molar-refractivity contribution in [2.24, 2.45) is 0 Å². The average molecular weight is 291 g/mol. The second-order valence-electron chi connectivity index (χ2n) is 6.20. The van der Waals surface area contributed by atoms with Crippen molar-refractivity contribution in [3.05, 3.63) is 23.5 Å². The van der Waals surface area contributed by atoms with Gasteiger partial charge in [-0.3, -0.25) is 0 Å². The van der Waals surface area contributed by atoms with Crippen molar-refractivity contribution in [2.75, 3.05) is 6.61 Å². The number of hydrogen-bond donors (Lipinski definition) is 0. The smallest absolute Gasteiger partial charge is 0.461 e. The van der Waals surface area contributed by atoms with Crippen LogP contribution in [0, 0.1) is 6.92 Å². The summed E-state index contributed by atoms with van der Waals surface area (Å²) in [6, 6.07) is 3.65. The maximum Gasteiger partial charge on any atom is 0.497 e. The molecule has 2 rings (SSSR count). The molecular formula is C15H22BNO4. The van der Waals surface area contributed by atoms with Gasteiger partial charge in [-0.25, -0.2) is 9.78 Å². The number of nitrogens with zero attached hydrogens (tertiary/aromatic N) is 1. The minimum atomic E-state index is -0.623. The molecule has 1 saturated heterocycles. The molecule has 1 aliphatic rings. The van der Waals surface area contributed by atoms with E-state index in [2.05, 4.69) is 4.98 Å². The number of aromatic nitrogens is 1. The van der Waals surface area contributed by atoms with Crippen molar-refractivity contribution in [2.45, 2.75) is 52.7 Å². The van der Waals surface area contributed by atoms with Crippen molar-refractivity contribution < 1.29 is 18.8 Å². The Kier molecular flexibility index (Phi) is 4.13. The molecule has 6 heteroatoms. The summed E-state index contributed by atoms with van der Waals surface area (Å²) in [7, 11) is -0.623.